The van der Waals surface area contributed by atoms with Crippen LogP contribution in [0.3, 0.4) is 0 Å². The van der Waals surface area contributed by atoms with Crippen molar-refractivity contribution in [1.82, 2.24) is 4.98 Å². The molecule has 0 bridgehead atoms. The highest BCUT2D eigenvalue weighted by Crippen LogP contribution is 2.32. The van der Waals surface area contributed by atoms with Crippen molar-refractivity contribution in [1.29, 1.82) is 0 Å². The number of esters is 1. The summed E-state index contributed by atoms with van der Waals surface area (Å²) in [5, 5.41) is 1.08. The van der Waals surface area contributed by atoms with Crippen LogP contribution in [0.1, 0.15) is 17.3 Å². The number of aromatic nitrogens is 1. The largest absolute Gasteiger partial charge is 0.462 e. The summed E-state index contributed by atoms with van der Waals surface area (Å²) < 4.78 is 5.00. The molecule has 0 aliphatic heterocycles. The highest BCUT2D eigenvalue weighted by Gasteiger charge is 2.19. The second kappa shape index (κ2) is 6.44. The molecule has 1 aromatic carbocycles. The highest BCUT2D eigenvalue weighted by molar-refractivity contribution is 6.42. The normalized spacial score (nSPS) is 10.4. The quantitative estimate of drug-likeness (QED) is 0.752. The van der Waals surface area contributed by atoms with Crippen LogP contribution in [-0.4, -0.2) is 17.6 Å². The summed E-state index contributed by atoms with van der Waals surface area (Å²) in [5.41, 5.74) is 1.27. The molecule has 0 aliphatic carbocycles. The molecular weight excluding hydrogens is 321 g/mol. The van der Waals surface area contributed by atoms with Crippen LogP contribution < -0.4 is 0 Å². The van der Waals surface area contributed by atoms with Crippen LogP contribution in [0, 0.1) is 0 Å². The number of halogens is 3. The Hall–Kier alpha value is -1.29. The van der Waals surface area contributed by atoms with E-state index in [-0.39, 0.29) is 17.2 Å². The first-order chi connectivity index (χ1) is 9.54. The Labute approximate surface area is 131 Å². The number of nitrogens with zero attached hydrogens (tertiary/aromatic N) is 1. The molecule has 2 aromatic rings. The van der Waals surface area contributed by atoms with Gasteiger partial charge in [0.2, 0.25) is 0 Å². The van der Waals surface area contributed by atoms with Crippen molar-refractivity contribution >= 4 is 40.8 Å². The summed E-state index contributed by atoms with van der Waals surface area (Å²) in [6.07, 6.45) is 1.52. The molecule has 0 saturated carbocycles. The third-order valence-corrected chi connectivity index (χ3v) is 3.63. The van der Waals surface area contributed by atoms with Gasteiger partial charge in [-0.05, 0) is 25.1 Å². The van der Waals surface area contributed by atoms with Gasteiger partial charge in [-0.15, -0.1) is 0 Å². The van der Waals surface area contributed by atoms with Gasteiger partial charge in [0, 0.05) is 11.8 Å². The van der Waals surface area contributed by atoms with E-state index >= 15 is 0 Å². The van der Waals surface area contributed by atoms with Gasteiger partial charge in [-0.2, -0.15) is 0 Å². The predicted molar refractivity (Wildman–Crippen MR) is 80.7 cm³/mol. The zero-order valence-electron chi connectivity index (χ0n) is 10.5. The number of benzene rings is 1. The monoisotopic (exact) mass is 329 g/mol. The van der Waals surface area contributed by atoms with Gasteiger partial charge in [0.1, 0.15) is 5.56 Å². The highest BCUT2D eigenvalue weighted by atomic mass is 35.5. The summed E-state index contributed by atoms with van der Waals surface area (Å²) in [6, 6.07) is 6.52. The lowest BCUT2D eigenvalue weighted by atomic mass is 10.1. The maximum Gasteiger partial charge on any atom is 0.341 e. The van der Waals surface area contributed by atoms with E-state index in [0.717, 1.165) is 0 Å². The second-order valence-corrected chi connectivity index (χ2v) is 5.09. The predicted octanol–water partition coefficient (Wildman–Crippen LogP) is 4.89. The lowest BCUT2D eigenvalue weighted by Crippen LogP contribution is -2.08. The molecule has 1 heterocycles. The number of hydrogen-bond donors (Lipinski definition) is 0. The molecule has 6 heteroatoms. The van der Waals surface area contributed by atoms with Crippen LogP contribution >= 0.6 is 34.8 Å². The van der Waals surface area contributed by atoms with Gasteiger partial charge in [-0.3, -0.25) is 4.98 Å². The fourth-order valence-corrected chi connectivity index (χ4v) is 2.22. The van der Waals surface area contributed by atoms with Crippen molar-refractivity contribution in [3.8, 4) is 11.3 Å². The van der Waals surface area contributed by atoms with Crippen molar-refractivity contribution in [2.45, 2.75) is 6.92 Å². The second-order valence-electron chi connectivity index (χ2n) is 3.87. The zero-order valence-corrected chi connectivity index (χ0v) is 12.8. The van der Waals surface area contributed by atoms with E-state index in [1.807, 2.05) is 0 Å². The summed E-state index contributed by atoms with van der Waals surface area (Å²) in [7, 11) is 0. The molecular formula is C14H10Cl3NO2. The van der Waals surface area contributed by atoms with Gasteiger partial charge < -0.3 is 4.74 Å². The van der Waals surface area contributed by atoms with Crippen LogP contribution in [-0.2, 0) is 4.74 Å². The number of ether oxygens (including phenoxy) is 1. The number of pyridine rings is 1. The minimum absolute atomic E-state index is 0.217. The topological polar surface area (TPSA) is 39.2 Å². The summed E-state index contributed by atoms with van der Waals surface area (Å²) in [6.45, 7) is 1.98. The summed E-state index contributed by atoms with van der Waals surface area (Å²) in [5.74, 6) is -0.522. The standard InChI is InChI=1S/C14H10Cl3NO2/c1-2-20-14(19)12-10(16)5-6-18-13(12)8-3-4-9(15)11(17)7-8/h3-7H,2H2,1H3. The smallest absolute Gasteiger partial charge is 0.341 e. The average Bonchev–Trinajstić information content (AvgIpc) is 2.41. The molecule has 3 nitrogen and oxygen atoms in total. The third kappa shape index (κ3) is 3.06. The van der Waals surface area contributed by atoms with Crippen LogP contribution in [0.4, 0.5) is 0 Å². The molecule has 0 amide bonds. The van der Waals surface area contributed by atoms with E-state index in [1.54, 1.807) is 25.1 Å². The van der Waals surface area contributed by atoms with Gasteiger partial charge >= 0.3 is 5.97 Å². The molecule has 0 fully saturated rings. The van der Waals surface area contributed by atoms with Crippen molar-refractivity contribution in [3.05, 3.63) is 51.1 Å². The number of carbonyl (C=O) groups excluding carboxylic acids is 1. The number of rotatable bonds is 3. The van der Waals surface area contributed by atoms with Crippen molar-refractivity contribution in [2.75, 3.05) is 6.61 Å². The molecule has 0 atom stereocenters. The maximum absolute atomic E-state index is 12.0. The number of carbonyl (C=O) groups is 1. The van der Waals surface area contributed by atoms with Gasteiger partial charge in [-0.25, -0.2) is 4.79 Å². The average molecular weight is 331 g/mol. The maximum atomic E-state index is 12.0. The molecule has 0 aliphatic rings. The minimum atomic E-state index is -0.522. The first-order valence-electron chi connectivity index (χ1n) is 5.81. The van der Waals surface area contributed by atoms with Crippen molar-refractivity contribution < 1.29 is 9.53 Å². The van der Waals surface area contributed by atoms with Crippen molar-refractivity contribution in [2.24, 2.45) is 0 Å². The molecule has 0 radical (unpaired) electrons. The Morgan fingerprint density at radius 1 is 1.15 bits per heavy atom. The van der Waals surface area contributed by atoms with E-state index in [9.17, 15) is 4.79 Å². The third-order valence-electron chi connectivity index (χ3n) is 2.57. The van der Waals surface area contributed by atoms with Crippen LogP contribution in [0.15, 0.2) is 30.5 Å². The SMILES string of the molecule is CCOC(=O)c1c(Cl)ccnc1-c1ccc(Cl)c(Cl)c1. The van der Waals surface area contributed by atoms with Gasteiger partial charge in [0.25, 0.3) is 0 Å². The Morgan fingerprint density at radius 2 is 1.90 bits per heavy atom. The first kappa shape index (κ1) is 15.1. The fraction of sp³-hybridized carbons (Fsp3) is 0.143. The Balaban J connectivity index is 2.58. The first-order valence-corrected chi connectivity index (χ1v) is 6.95. The lowest BCUT2D eigenvalue weighted by molar-refractivity contribution is 0.0527. The molecule has 104 valence electrons. The zero-order chi connectivity index (χ0) is 14.7. The minimum Gasteiger partial charge on any atom is -0.462 e. The lowest BCUT2D eigenvalue weighted by Gasteiger charge is -2.10. The van der Waals surface area contributed by atoms with E-state index in [2.05, 4.69) is 4.98 Å². The summed E-state index contributed by atoms with van der Waals surface area (Å²) in [4.78, 5) is 16.2. The van der Waals surface area contributed by atoms with Gasteiger partial charge in [-0.1, -0.05) is 40.9 Å². The van der Waals surface area contributed by atoms with Crippen LogP contribution in [0.2, 0.25) is 15.1 Å². The fourth-order valence-electron chi connectivity index (χ4n) is 1.70. The Morgan fingerprint density at radius 3 is 2.55 bits per heavy atom. The molecule has 0 spiro atoms. The molecule has 0 unspecified atom stereocenters. The summed E-state index contributed by atoms with van der Waals surface area (Å²) >= 11 is 18.0. The van der Waals surface area contributed by atoms with Gasteiger partial charge in [0.05, 0.1) is 27.4 Å². The Kier molecular flexibility index (Phi) is 4.86. The van der Waals surface area contributed by atoms with E-state index in [0.29, 0.717) is 21.3 Å². The van der Waals surface area contributed by atoms with Crippen LogP contribution in [0.25, 0.3) is 11.3 Å². The van der Waals surface area contributed by atoms with E-state index in [4.69, 9.17) is 39.5 Å². The van der Waals surface area contributed by atoms with E-state index < -0.39 is 5.97 Å². The Bertz CT molecular complexity index is 659. The molecule has 0 saturated heterocycles. The number of hydrogen-bond acceptors (Lipinski definition) is 3. The molecule has 2 rings (SSSR count). The molecule has 20 heavy (non-hydrogen) atoms. The molecule has 1 aromatic heterocycles. The van der Waals surface area contributed by atoms with Crippen molar-refractivity contribution in [3.63, 3.8) is 0 Å². The van der Waals surface area contributed by atoms with Crippen LogP contribution in [0.5, 0.6) is 0 Å². The van der Waals surface area contributed by atoms with Gasteiger partial charge in [0.15, 0.2) is 0 Å². The van der Waals surface area contributed by atoms with E-state index in [1.165, 1.54) is 12.3 Å². The molecule has 0 N–H and O–H groups in total.